The molecule has 2 aliphatic rings. The summed E-state index contributed by atoms with van der Waals surface area (Å²) in [5, 5.41) is 13.2. The van der Waals surface area contributed by atoms with E-state index in [0.717, 1.165) is 30.3 Å². The summed E-state index contributed by atoms with van der Waals surface area (Å²) in [5.41, 5.74) is -7.16. The van der Waals surface area contributed by atoms with Crippen LogP contribution in [0.3, 0.4) is 0 Å². The van der Waals surface area contributed by atoms with E-state index in [1.807, 2.05) is 0 Å². The Morgan fingerprint density at radius 3 is 2.10 bits per heavy atom. The van der Waals surface area contributed by atoms with E-state index in [-0.39, 0.29) is 42.1 Å². The number of rotatable bonds is 9. The lowest BCUT2D eigenvalue weighted by atomic mass is 9.84. The molecule has 5 rings (SSSR count). The number of fused-ring (bicyclic) bond motifs is 3. The van der Waals surface area contributed by atoms with Crippen LogP contribution >= 0.6 is 0 Å². The van der Waals surface area contributed by atoms with Crippen molar-refractivity contribution < 1.29 is 58.5 Å². The van der Waals surface area contributed by atoms with Gasteiger partial charge in [0.1, 0.15) is 21.9 Å². The Morgan fingerprint density at radius 1 is 0.960 bits per heavy atom. The van der Waals surface area contributed by atoms with Gasteiger partial charge in [0.15, 0.2) is 9.84 Å². The van der Waals surface area contributed by atoms with Crippen LogP contribution in [0.25, 0.3) is 0 Å². The number of nitrogens with zero attached hydrogens (tertiary/aromatic N) is 1. The van der Waals surface area contributed by atoms with Crippen molar-refractivity contribution in [2.75, 3.05) is 13.8 Å². The van der Waals surface area contributed by atoms with Gasteiger partial charge in [0.25, 0.3) is 5.60 Å². The average Bonchev–Trinajstić information content (AvgIpc) is 3.70. The second-order valence-electron chi connectivity index (χ2n) is 13.3. The Balaban J connectivity index is 1.57. The normalized spacial score (nSPS) is 20.8. The fraction of sp³-hybridized carbons (Fsp3) is 0.441. The number of benzene rings is 3. The highest BCUT2D eigenvalue weighted by molar-refractivity contribution is 7.92. The number of alkyl halides is 6. The summed E-state index contributed by atoms with van der Waals surface area (Å²) in [6.45, 7) is 4.72. The SMILES string of the molecule is COc1ccc(CN(CNC2C3CCc4cc(C(O)(C(F)(F)F)C(F)(F)F)ccc4C32S(=O)(=O)c2ccc(F)cc2)C(=O)OC(C)(C)C)cc1. The number of methoxy groups -OCH3 is 1. The van der Waals surface area contributed by atoms with Gasteiger partial charge in [-0.05, 0) is 86.7 Å². The molecule has 1 fully saturated rings. The molecule has 8 nitrogen and oxygen atoms in total. The minimum absolute atomic E-state index is 0.00835. The van der Waals surface area contributed by atoms with Crippen molar-refractivity contribution >= 4 is 15.9 Å². The molecular formula is C34H35F7N2O6S. The number of ether oxygens (including phenoxy) is 2. The Hall–Kier alpha value is -3.89. The number of amides is 1. The first-order valence-electron chi connectivity index (χ1n) is 15.4. The van der Waals surface area contributed by atoms with Gasteiger partial charge in [0, 0.05) is 17.5 Å². The summed E-state index contributed by atoms with van der Waals surface area (Å²) in [7, 11) is -3.03. The third-order valence-electron chi connectivity index (χ3n) is 9.05. The van der Waals surface area contributed by atoms with Gasteiger partial charge in [-0.15, -0.1) is 0 Å². The molecular weight excluding hydrogens is 697 g/mol. The molecule has 0 spiro atoms. The molecule has 0 aromatic heterocycles. The third kappa shape index (κ3) is 6.41. The summed E-state index contributed by atoms with van der Waals surface area (Å²) in [6, 6.07) is 11.5. The molecule has 1 amide bonds. The maximum absolute atomic E-state index is 14.5. The number of aryl methyl sites for hydroxylation is 1. The predicted molar refractivity (Wildman–Crippen MR) is 166 cm³/mol. The van der Waals surface area contributed by atoms with Crippen LogP contribution in [0, 0.1) is 11.7 Å². The Bertz CT molecular complexity index is 1830. The van der Waals surface area contributed by atoms with Crippen LogP contribution in [0.4, 0.5) is 35.5 Å². The van der Waals surface area contributed by atoms with Crippen LogP contribution in [0.2, 0.25) is 0 Å². The summed E-state index contributed by atoms with van der Waals surface area (Å²) < 4.78 is 134. The van der Waals surface area contributed by atoms with Crippen molar-refractivity contribution in [3.63, 3.8) is 0 Å². The van der Waals surface area contributed by atoms with Crippen molar-refractivity contribution in [3.05, 3.63) is 94.8 Å². The van der Waals surface area contributed by atoms with Gasteiger partial charge in [-0.25, -0.2) is 17.6 Å². The maximum Gasteiger partial charge on any atom is 0.430 e. The molecule has 3 unspecified atom stereocenters. The highest BCUT2D eigenvalue weighted by Gasteiger charge is 2.75. The van der Waals surface area contributed by atoms with Crippen LogP contribution in [0.5, 0.6) is 5.75 Å². The second-order valence-corrected chi connectivity index (χ2v) is 15.5. The largest absolute Gasteiger partial charge is 0.497 e. The lowest BCUT2D eigenvalue weighted by molar-refractivity contribution is -0.376. The number of halogens is 7. The Morgan fingerprint density at radius 2 is 1.56 bits per heavy atom. The summed E-state index contributed by atoms with van der Waals surface area (Å²) in [4.78, 5) is 14.3. The van der Waals surface area contributed by atoms with Crippen LogP contribution < -0.4 is 10.1 Å². The molecule has 0 saturated heterocycles. The molecule has 2 aliphatic carbocycles. The molecule has 0 aliphatic heterocycles. The molecule has 2 N–H and O–H groups in total. The number of nitrogens with one attached hydrogen (secondary N) is 1. The number of hydrogen-bond donors (Lipinski definition) is 2. The minimum atomic E-state index is -6.15. The summed E-state index contributed by atoms with van der Waals surface area (Å²) in [5.74, 6) is -0.916. The quantitative estimate of drug-likeness (QED) is 0.143. The number of aliphatic hydroxyl groups is 1. The van der Waals surface area contributed by atoms with Crippen LogP contribution in [0.15, 0.2) is 71.6 Å². The minimum Gasteiger partial charge on any atom is -0.497 e. The zero-order valence-corrected chi connectivity index (χ0v) is 28.1. The van der Waals surface area contributed by atoms with Crippen molar-refractivity contribution in [2.45, 2.75) is 79.4 Å². The molecule has 50 heavy (non-hydrogen) atoms. The van der Waals surface area contributed by atoms with E-state index in [9.17, 15) is 49.1 Å². The van der Waals surface area contributed by atoms with Crippen LogP contribution in [0.1, 0.15) is 49.4 Å². The second kappa shape index (κ2) is 12.7. The topological polar surface area (TPSA) is 105 Å². The lowest BCUT2D eigenvalue weighted by Crippen LogP contribution is -2.54. The van der Waals surface area contributed by atoms with Gasteiger partial charge in [-0.1, -0.05) is 30.3 Å². The smallest absolute Gasteiger partial charge is 0.430 e. The number of carbonyl (C=O) groups excluding carboxylic acids is 1. The molecule has 0 heterocycles. The molecule has 0 bridgehead atoms. The van der Waals surface area contributed by atoms with Gasteiger partial charge in [0.05, 0.1) is 25.2 Å². The van der Waals surface area contributed by atoms with Gasteiger partial charge >= 0.3 is 18.4 Å². The maximum atomic E-state index is 14.5. The summed E-state index contributed by atoms with van der Waals surface area (Å²) >= 11 is 0. The average molecular weight is 733 g/mol. The van der Waals surface area contributed by atoms with E-state index in [2.05, 4.69) is 5.32 Å². The van der Waals surface area contributed by atoms with Crippen molar-refractivity contribution in [1.82, 2.24) is 10.2 Å². The standard InChI is InChI=1S/C34H35F7N2O6S/c1-30(2,3)49-29(44)43(18-20-5-11-24(48-4)12-6-20)19-42-28-27-15-7-21-17-22(32(45,33(36,37)38)34(39,40)41)8-16-26(21)31(27,28)50(46,47)25-13-9-23(35)10-14-25/h5-6,8-14,16-17,27-28,42,45H,7,15,18-19H2,1-4H3. The van der Waals surface area contributed by atoms with E-state index in [1.54, 1.807) is 45.0 Å². The molecule has 3 atom stereocenters. The lowest BCUT2D eigenvalue weighted by Gasteiger charge is -2.34. The van der Waals surface area contributed by atoms with Crippen molar-refractivity contribution in [1.29, 1.82) is 0 Å². The van der Waals surface area contributed by atoms with Gasteiger partial charge in [-0.3, -0.25) is 10.2 Å². The fourth-order valence-electron chi connectivity index (χ4n) is 6.67. The molecule has 0 radical (unpaired) electrons. The van der Waals surface area contributed by atoms with E-state index < -0.39 is 67.6 Å². The number of carbonyl (C=O) groups is 1. The number of hydrogen-bond acceptors (Lipinski definition) is 7. The highest BCUT2D eigenvalue weighted by atomic mass is 32.2. The predicted octanol–water partition coefficient (Wildman–Crippen LogP) is 6.74. The van der Waals surface area contributed by atoms with E-state index >= 15 is 0 Å². The molecule has 3 aromatic carbocycles. The first-order chi connectivity index (χ1) is 23.1. The zero-order valence-electron chi connectivity index (χ0n) is 27.3. The molecule has 272 valence electrons. The Kier molecular flexibility index (Phi) is 9.50. The molecule has 1 saturated carbocycles. The molecule has 16 heteroatoms. The highest BCUT2D eigenvalue weighted by Crippen LogP contribution is 2.65. The van der Waals surface area contributed by atoms with Crippen LogP contribution in [-0.2, 0) is 37.9 Å². The number of sulfone groups is 1. The van der Waals surface area contributed by atoms with Crippen LogP contribution in [-0.4, -0.2) is 62.3 Å². The first-order valence-corrected chi connectivity index (χ1v) is 16.9. The van der Waals surface area contributed by atoms with E-state index in [4.69, 9.17) is 9.47 Å². The van der Waals surface area contributed by atoms with E-state index in [1.165, 1.54) is 12.0 Å². The fourth-order valence-corrected chi connectivity index (χ4v) is 9.21. The van der Waals surface area contributed by atoms with Crippen molar-refractivity contribution in [2.24, 2.45) is 5.92 Å². The third-order valence-corrected chi connectivity index (χ3v) is 11.6. The van der Waals surface area contributed by atoms with Gasteiger partial charge < -0.3 is 14.6 Å². The van der Waals surface area contributed by atoms with Gasteiger partial charge in [0.2, 0.25) is 0 Å². The van der Waals surface area contributed by atoms with Gasteiger partial charge in [-0.2, -0.15) is 26.3 Å². The zero-order chi connectivity index (χ0) is 37.1. The monoisotopic (exact) mass is 732 g/mol. The van der Waals surface area contributed by atoms with Crippen molar-refractivity contribution in [3.8, 4) is 5.75 Å². The Labute approximate surface area is 284 Å². The summed E-state index contributed by atoms with van der Waals surface area (Å²) in [6.07, 6.45) is -13.1. The molecule has 3 aromatic rings. The van der Waals surface area contributed by atoms with E-state index in [0.29, 0.717) is 23.4 Å². The first kappa shape index (κ1) is 37.4.